The normalized spacial score (nSPS) is 11.5. The van der Waals surface area contributed by atoms with E-state index in [2.05, 4.69) is 10.1 Å². The Bertz CT molecular complexity index is 929. The number of amides is 1. The number of benzene rings is 1. The second-order valence-corrected chi connectivity index (χ2v) is 6.53. The fourth-order valence-corrected chi connectivity index (χ4v) is 2.55. The minimum absolute atomic E-state index is 0.182. The van der Waals surface area contributed by atoms with Crippen molar-refractivity contribution >= 4 is 23.4 Å². The molecule has 0 saturated carbocycles. The predicted molar refractivity (Wildman–Crippen MR) is 94.2 cm³/mol. The molecular formula is C17H19N5O3. The summed E-state index contributed by atoms with van der Waals surface area (Å²) in [7, 11) is 0. The van der Waals surface area contributed by atoms with E-state index in [0.717, 1.165) is 0 Å². The van der Waals surface area contributed by atoms with Crippen LogP contribution in [0.15, 0.2) is 42.6 Å². The van der Waals surface area contributed by atoms with Gasteiger partial charge in [-0.15, -0.1) is 5.10 Å². The minimum atomic E-state index is -1.02. The number of nitrogen functional groups attached to an aromatic ring is 1. The fourth-order valence-electron chi connectivity index (χ4n) is 2.55. The Morgan fingerprint density at radius 2 is 2.00 bits per heavy atom. The third kappa shape index (κ3) is 3.47. The van der Waals surface area contributed by atoms with E-state index in [1.54, 1.807) is 42.6 Å². The van der Waals surface area contributed by atoms with Gasteiger partial charge < -0.3 is 15.6 Å². The van der Waals surface area contributed by atoms with Crippen molar-refractivity contribution < 1.29 is 14.6 Å². The van der Waals surface area contributed by atoms with Gasteiger partial charge in [0.25, 0.3) is 0 Å². The van der Waals surface area contributed by atoms with Gasteiger partial charge in [-0.2, -0.15) is 4.98 Å². The van der Waals surface area contributed by atoms with Crippen LogP contribution in [0.4, 0.5) is 16.4 Å². The third-order valence-corrected chi connectivity index (χ3v) is 3.49. The van der Waals surface area contributed by atoms with Crippen LogP contribution in [0.1, 0.15) is 20.8 Å². The summed E-state index contributed by atoms with van der Waals surface area (Å²) in [5.41, 5.74) is 6.13. The summed E-state index contributed by atoms with van der Waals surface area (Å²) in [6.45, 7) is 5.49. The number of carbonyl (C=O) groups is 1. The van der Waals surface area contributed by atoms with E-state index in [1.807, 2.05) is 20.8 Å². The lowest BCUT2D eigenvalue weighted by molar-refractivity contribution is 0.195. The van der Waals surface area contributed by atoms with E-state index >= 15 is 0 Å². The van der Waals surface area contributed by atoms with Crippen molar-refractivity contribution in [2.45, 2.75) is 26.3 Å². The Balaban J connectivity index is 1.91. The third-order valence-electron chi connectivity index (χ3n) is 3.49. The number of ether oxygens (including phenoxy) is 1. The number of nitrogens with two attached hydrogens (primary N) is 1. The van der Waals surface area contributed by atoms with Crippen LogP contribution < -0.4 is 15.4 Å². The first kappa shape index (κ1) is 16.6. The van der Waals surface area contributed by atoms with Crippen molar-refractivity contribution in [1.82, 2.24) is 14.6 Å². The molecule has 8 nitrogen and oxygen atoms in total. The van der Waals surface area contributed by atoms with Crippen molar-refractivity contribution in [3.05, 3.63) is 42.6 Å². The number of hydrogen-bond acceptors (Lipinski definition) is 5. The van der Waals surface area contributed by atoms with Crippen molar-refractivity contribution in [3.63, 3.8) is 0 Å². The molecule has 2 heterocycles. The molecule has 0 spiro atoms. The Hall–Kier alpha value is -3.29. The Morgan fingerprint density at radius 3 is 2.68 bits per heavy atom. The highest BCUT2D eigenvalue weighted by Crippen LogP contribution is 2.30. The molecule has 8 heteroatoms. The van der Waals surface area contributed by atoms with E-state index in [0.29, 0.717) is 22.8 Å². The van der Waals surface area contributed by atoms with E-state index in [4.69, 9.17) is 10.5 Å². The molecule has 25 heavy (non-hydrogen) atoms. The molecule has 0 saturated heterocycles. The molecule has 3 rings (SSSR count). The Kier molecular flexibility index (Phi) is 3.96. The summed E-state index contributed by atoms with van der Waals surface area (Å²) >= 11 is 0. The van der Waals surface area contributed by atoms with Crippen LogP contribution in [0.5, 0.6) is 11.5 Å². The zero-order valence-electron chi connectivity index (χ0n) is 14.2. The summed E-state index contributed by atoms with van der Waals surface area (Å²) in [6, 6.07) is 10.4. The van der Waals surface area contributed by atoms with Gasteiger partial charge in [-0.1, -0.05) is 6.07 Å². The van der Waals surface area contributed by atoms with Crippen LogP contribution in [0.3, 0.4) is 0 Å². The number of anilines is 2. The maximum atomic E-state index is 11.6. The molecule has 0 aliphatic rings. The first-order chi connectivity index (χ1) is 11.7. The standard InChI is InChI=1S/C17H19N5O3/c1-17(2,3)22(16(23)24)11-5-4-6-12(9-11)25-13-7-8-14-19-15(18)20-21(14)10-13/h4-10H,1-3H3,(H2,18,20)(H,23,24). The van der Waals surface area contributed by atoms with Crippen LogP contribution >= 0.6 is 0 Å². The molecule has 0 aliphatic heterocycles. The molecule has 3 N–H and O–H groups in total. The fraction of sp³-hybridized carbons (Fsp3) is 0.235. The molecule has 1 aromatic carbocycles. The van der Waals surface area contributed by atoms with Crippen molar-refractivity contribution in [2.75, 3.05) is 10.6 Å². The summed E-state index contributed by atoms with van der Waals surface area (Å²) in [5, 5.41) is 13.6. The molecular weight excluding hydrogens is 322 g/mol. The van der Waals surface area contributed by atoms with Crippen molar-refractivity contribution in [3.8, 4) is 11.5 Å². The largest absolute Gasteiger partial charge is 0.465 e. The topological polar surface area (TPSA) is 106 Å². The number of aromatic nitrogens is 3. The number of hydrogen-bond donors (Lipinski definition) is 2. The van der Waals surface area contributed by atoms with Crippen LogP contribution in [0.2, 0.25) is 0 Å². The van der Waals surface area contributed by atoms with E-state index in [-0.39, 0.29) is 5.95 Å². The highest BCUT2D eigenvalue weighted by molar-refractivity contribution is 5.87. The van der Waals surface area contributed by atoms with Gasteiger partial charge in [0.15, 0.2) is 5.65 Å². The predicted octanol–water partition coefficient (Wildman–Crippen LogP) is 3.39. The molecule has 3 aromatic rings. The average Bonchev–Trinajstić information content (AvgIpc) is 2.85. The highest BCUT2D eigenvalue weighted by Gasteiger charge is 2.28. The zero-order chi connectivity index (χ0) is 18.2. The highest BCUT2D eigenvalue weighted by atomic mass is 16.5. The van der Waals surface area contributed by atoms with Gasteiger partial charge in [-0.3, -0.25) is 4.90 Å². The van der Waals surface area contributed by atoms with Gasteiger partial charge in [0, 0.05) is 11.6 Å². The monoisotopic (exact) mass is 341 g/mol. The number of nitrogens with zero attached hydrogens (tertiary/aromatic N) is 4. The first-order valence-corrected chi connectivity index (χ1v) is 7.67. The van der Waals surface area contributed by atoms with Crippen LogP contribution in [0.25, 0.3) is 5.65 Å². The minimum Gasteiger partial charge on any atom is -0.465 e. The molecule has 0 fully saturated rings. The number of rotatable bonds is 3. The van der Waals surface area contributed by atoms with Gasteiger partial charge in [0.05, 0.1) is 11.9 Å². The number of pyridine rings is 1. The maximum absolute atomic E-state index is 11.6. The smallest absolute Gasteiger partial charge is 0.412 e. The number of fused-ring (bicyclic) bond motifs is 1. The van der Waals surface area contributed by atoms with Crippen LogP contribution in [0, 0.1) is 0 Å². The van der Waals surface area contributed by atoms with Crippen molar-refractivity contribution in [1.29, 1.82) is 0 Å². The molecule has 0 unspecified atom stereocenters. The van der Waals surface area contributed by atoms with E-state index < -0.39 is 11.6 Å². The molecule has 0 radical (unpaired) electrons. The van der Waals surface area contributed by atoms with Gasteiger partial charge >= 0.3 is 6.09 Å². The Labute approximate surface area is 144 Å². The summed E-state index contributed by atoms with van der Waals surface area (Å²) in [6.07, 6.45) is 0.633. The van der Waals surface area contributed by atoms with Gasteiger partial charge in [-0.05, 0) is 45.0 Å². The van der Waals surface area contributed by atoms with Crippen LogP contribution in [-0.4, -0.2) is 31.3 Å². The van der Waals surface area contributed by atoms with E-state index in [9.17, 15) is 9.90 Å². The molecule has 1 amide bonds. The van der Waals surface area contributed by atoms with Crippen LogP contribution in [-0.2, 0) is 0 Å². The average molecular weight is 341 g/mol. The second-order valence-electron chi connectivity index (χ2n) is 6.53. The summed E-state index contributed by atoms with van der Waals surface area (Å²) in [5.74, 6) is 1.23. The summed E-state index contributed by atoms with van der Waals surface area (Å²) < 4.78 is 7.35. The lowest BCUT2D eigenvalue weighted by atomic mass is 10.1. The quantitative estimate of drug-likeness (QED) is 0.756. The maximum Gasteiger partial charge on any atom is 0.412 e. The molecule has 0 bridgehead atoms. The summed E-state index contributed by atoms with van der Waals surface area (Å²) in [4.78, 5) is 17.0. The zero-order valence-corrected chi connectivity index (χ0v) is 14.2. The lowest BCUT2D eigenvalue weighted by Crippen LogP contribution is -2.45. The molecule has 0 aliphatic carbocycles. The van der Waals surface area contributed by atoms with Gasteiger partial charge in [0.1, 0.15) is 11.5 Å². The van der Waals surface area contributed by atoms with Gasteiger partial charge in [-0.25, -0.2) is 9.31 Å². The second kappa shape index (κ2) is 5.97. The Morgan fingerprint density at radius 1 is 1.24 bits per heavy atom. The number of carboxylic acid groups (broad SMARTS) is 1. The lowest BCUT2D eigenvalue weighted by Gasteiger charge is -2.33. The van der Waals surface area contributed by atoms with Gasteiger partial charge in [0.2, 0.25) is 5.95 Å². The molecule has 2 aromatic heterocycles. The molecule has 130 valence electrons. The van der Waals surface area contributed by atoms with Crippen molar-refractivity contribution in [2.24, 2.45) is 0 Å². The van der Waals surface area contributed by atoms with E-state index in [1.165, 1.54) is 9.42 Å². The SMILES string of the molecule is CC(C)(C)N(C(=O)O)c1cccc(Oc2ccc3nc(N)nn3c2)c1. The first-order valence-electron chi connectivity index (χ1n) is 7.67. The molecule has 0 atom stereocenters.